The molecule has 0 radical (unpaired) electrons. The maximum atomic E-state index is 14.4. The van der Waals surface area contributed by atoms with E-state index in [2.05, 4.69) is 101 Å². The molecule has 0 aliphatic heterocycles. The molecule has 57 heavy (non-hydrogen) atoms. The Bertz CT molecular complexity index is 1300. The molecular weight excluding hydrogens is 719 g/mol. The number of carbonyl (C=O) groups is 1. The monoisotopic (exact) mass is 804 g/mol. The molecule has 3 atom stereocenters. The quantitative estimate of drug-likeness (QED) is 0.0381. The predicted octanol–water partition coefficient (Wildman–Crippen LogP) is 12.3. The van der Waals surface area contributed by atoms with Crippen molar-refractivity contribution in [1.82, 2.24) is 5.32 Å². The van der Waals surface area contributed by atoms with Crippen LogP contribution >= 0.6 is 0 Å². The Labute approximate surface area is 351 Å². The number of hydrogen-bond donors (Lipinski definition) is 3. The average Bonchev–Trinajstić information content (AvgIpc) is 3.21. The second-order valence-electron chi connectivity index (χ2n) is 17.7. The molecule has 3 unspecified atom stereocenters. The van der Waals surface area contributed by atoms with Gasteiger partial charge in [0.15, 0.2) is 0 Å². The molecule has 2 aromatic rings. The number of nitrogens with one attached hydrogen (secondary N) is 1. The lowest BCUT2D eigenvalue weighted by atomic mass is 10.0. The highest BCUT2D eigenvalue weighted by Gasteiger charge is 2.52. The summed E-state index contributed by atoms with van der Waals surface area (Å²) in [5.41, 5.74) is 1.43. The molecule has 0 saturated carbocycles. The molecule has 6 heteroatoms. The molecular formula is C51H85NO4Si. The van der Waals surface area contributed by atoms with E-state index < -0.39 is 26.6 Å². The molecule has 0 aliphatic rings. The molecule has 0 spiro atoms. The Kier molecular flexibility index (Phi) is 27.1. The zero-order chi connectivity index (χ0) is 41.6. The molecule has 0 heterocycles. The van der Waals surface area contributed by atoms with Gasteiger partial charge in [-0.25, -0.2) is 0 Å². The number of hydrogen-bond acceptors (Lipinski definition) is 4. The molecule has 3 N–H and O–H groups in total. The Morgan fingerprint density at radius 1 is 0.702 bits per heavy atom. The Balaban J connectivity index is 2.12. The topological polar surface area (TPSA) is 78.8 Å². The van der Waals surface area contributed by atoms with Crippen LogP contribution in [-0.4, -0.2) is 49.3 Å². The van der Waals surface area contributed by atoms with Gasteiger partial charge in [-0.15, -0.1) is 0 Å². The number of allylic oxidation sites excluding steroid dienone is 3. The van der Waals surface area contributed by atoms with E-state index in [9.17, 15) is 15.0 Å². The highest BCUT2D eigenvalue weighted by molar-refractivity contribution is 6.99. The van der Waals surface area contributed by atoms with Crippen LogP contribution in [-0.2, 0) is 9.22 Å². The molecule has 0 aromatic heterocycles. The molecule has 2 aromatic carbocycles. The minimum Gasteiger partial charge on any atom is -0.395 e. The maximum absolute atomic E-state index is 14.4. The zero-order valence-corrected chi connectivity index (χ0v) is 38.4. The lowest BCUT2D eigenvalue weighted by Crippen LogP contribution is -2.69. The SMILES string of the molecule is CCCCCCCCCCCCCCC(O[Si](c1ccccc1)(c1ccccc1)C(C)(C)C)C(=O)NC(CO)C(O)/C=C/CC/C=C(\C)CCCCCCCCC. The van der Waals surface area contributed by atoms with Crippen molar-refractivity contribution in [3.63, 3.8) is 0 Å². The number of rotatable bonds is 33. The van der Waals surface area contributed by atoms with E-state index in [1.54, 1.807) is 6.08 Å². The Morgan fingerprint density at radius 3 is 1.61 bits per heavy atom. The van der Waals surface area contributed by atoms with Crippen molar-refractivity contribution >= 4 is 24.6 Å². The van der Waals surface area contributed by atoms with Gasteiger partial charge < -0.3 is 20.0 Å². The highest BCUT2D eigenvalue weighted by Crippen LogP contribution is 2.38. The van der Waals surface area contributed by atoms with Crippen LogP contribution in [0, 0.1) is 0 Å². The van der Waals surface area contributed by atoms with Crippen LogP contribution in [0.3, 0.4) is 0 Å². The summed E-state index contributed by atoms with van der Waals surface area (Å²) in [6, 6.07) is 20.1. The summed E-state index contributed by atoms with van der Waals surface area (Å²) in [6.45, 7) is 13.1. The summed E-state index contributed by atoms with van der Waals surface area (Å²) >= 11 is 0. The van der Waals surface area contributed by atoms with Crippen LogP contribution in [0.4, 0.5) is 0 Å². The van der Waals surface area contributed by atoms with Crippen molar-refractivity contribution in [2.45, 2.75) is 213 Å². The van der Waals surface area contributed by atoms with E-state index in [1.165, 1.54) is 108 Å². The minimum atomic E-state index is -3.03. The summed E-state index contributed by atoms with van der Waals surface area (Å²) in [5.74, 6) is -0.263. The van der Waals surface area contributed by atoms with Gasteiger partial charge in [0.1, 0.15) is 6.10 Å². The molecule has 0 fully saturated rings. The normalized spacial score (nSPS) is 14.2. The number of aliphatic hydroxyl groups excluding tert-OH is 2. The second kappa shape index (κ2) is 30.5. The fourth-order valence-corrected chi connectivity index (χ4v) is 12.8. The third kappa shape index (κ3) is 19.9. The van der Waals surface area contributed by atoms with Crippen molar-refractivity contribution in [1.29, 1.82) is 0 Å². The van der Waals surface area contributed by atoms with E-state index in [0.717, 1.165) is 48.9 Å². The van der Waals surface area contributed by atoms with E-state index in [0.29, 0.717) is 6.42 Å². The first-order valence-corrected chi connectivity index (χ1v) is 25.2. The van der Waals surface area contributed by atoms with Crippen LogP contribution < -0.4 is 15.7 Å². The zero-order valence-electron chi connectivity index (χ0n) is 37.4. The van der Waals surface area contributed by atoms with Crippen molar-refractivity contribution in [3.05, 3.63) is 84.5 Å². The molecule has 0 saturated heterocycles. The van der Waals surface area contributed by atoms with E-state index in [4.69, 9.17) is 4.43 Å². The van der Waals surface area contributed by atoms with Crippen LogP contribution in [0.2, 0.25) is 5.04 Å². The third-order valence-corrected chi connectivity index (χ3v) is 16.7. The van der Waals surface area contributed by atoms with Crippen molar-refractivity contribution in [3.8, 4) is 0 Å². The first-order chi connectivity index (χ1) is 27.6. The van der Waals surface area contributed by atoms with Crippen LogP contribution in [0.5, 0.6) is 0 Å². The number of aliphatic hydroxyl groups is 2. The average molecular weight is 804 g/mol. The summed E-state index contributed by atoms with van der Waals surface area (Å²) in [5, 5.41) is 26.6. The van der Waals surface area contributed by atoms with Gasteiger partial charge >= 0.3 is 0 Å². The van der Waals surface area contributed by atoms with E-state index in [-0.39, 0.29) is 17.6 Å². The molecule has 5 nitrogen and oxygen atoms in total. The van der Waals surface area contributed by atoms with Crippen LogP contribution in [0.25, 0.3) is 0 Å². The Morgan fingerprint density at radius 2 is 1.16 bits per heavy atom. The third-order valence-electron chi connectivity index (χ3n) is 11.6. The lowest BCUT2D eigenvalue weighted by Gasteiger charge is -2.45. The number of carbonyl (C=O) groups excluding carboxylic acids is 1. The van der Waals surface area contributed by atoms with Gasteiger partial charge in [-0.05, 0) is 54.4 Å². The highest BCUT2D eigenvalue weighted by atomic mass is 28.4. The first kappa shape index (κ1) is 50.6. The van der Waals surface area contributed by atoms with E-state index in [1.807, 2.05) is 18.2 Å². The van der Waals surface area contributed by atoms with Gasteiger partial charge in [0, 0.05) is 0 Å². The molecule has 0 aliphatic carbocycles. The van der Waals surface area contributed by atoms with Gasteiger partial charge in [-0.1, -0.05) is 235 Å². The number of amides is 1. The summed E-state index contributed by atoms with van der Waals surface area (Å²) in [4.78, 5) is 14.4. The predicted molar refractivity (Wildman–Crippen MR) is 248 cm³/mol. The minimum absolute atomic E-state index is 0.263. The van der Waals surface area contributed by atoms with Crippen molar-refractivity contribution in [2.75, 3.05) is 6.61 Å². The maximum Gasteiger partial charge on any atom is 0.262 e. The van der Waals surface area contributed by atoms with Crippen LogP contribution in [0.15, 0.2) is 84.5 Å². The number of unbranched alkanes of at least 4 members (excludes halogenated alkanes) is 18. The molecule has 2 rings (SSSR count). The lowest BCUT2D eigenvalue weighted by molar-refractivity contribution is -0.130. The van der Waals surface area contributed by atoms with Crippen molar-refractivity contribution < 1.29 is 19.4 Å². The Hall–Kier alpha value is -2.51. The first-order valence-electron chi connectivity index (χ1n) is 23.3. The fourth-order valence-electron chi connectivity index (χ4n) is 8.09. The molecule has 1 amide bonds. The molecule has 0 bridgehead atoms. The summed E-state index contributed by atoms with van der Waals surface area (Å²) in [6.07, 6.45) is 31.9. The smallest absolute Gasteiger partial charge is 0.262 e. The standard InChI is InChI=1S/C51H85NO4Si/c1-7-9-11-13-15-16-17-18-19-21-23-34-42-49(56-57(51(4,5)6,45-37-29-25-30-38-45)46-39-31-26-32-40-46)50(55)52-47(43-53)48(54)41-33-24-28-36-44(3)35-27-22-20-14-12-10-8-2/h25-26,29-33,36-41,47-49,53-54H,7-24,27-28,34-35,42-43H2,1-6H3,(H,52,55)/b41-33+,44-36+. The van der Waals surface area contributed by atoms with Gasteiger partial charge in [0.2, 0.25) is 5.91 Å². The van der Waals surface area contributed by atoms with Gasteiger partial charge in [0.05, 0.1) is 18.8 Å². The van der Waals surface area contributed by atoms with Crippen molar-refractivity contribution in [2.24, 2.45) is 0 Å². The van der Waals surface area contributed by atoms with Gasteiger partial charge in [0.25, 0.3) is 8.32 Å². The fraction of sp³-hybridized carbons (Fsp3) is 0.667. The summed E-state index contributed by atoms with van der Waals surface area (Å²) in [7, 11) is -3.03. The van der Waals surface area contributed by atoms with Gasteiger partial charge in [-0.3, -0.25) is 4.79 Å². The van der Waals surface area contributed by atoms with Gasteiger partial charge in [-0.2, -0.15) is 0 Å². The molecule has 322 valence electrons. The summed E-state index contributed by atoms with van der Waals surface area (Å²) < 4.78 is 7.39. The van der Waals surface area contributed by atoms with Crippen LogP contribution in [0.1, 0.15) is 189 Å². The largest absolute Gasteiger partial charge is 0.395 e. The second-order valence-corrected chi connectivity index (χ2v) is 21.9. The number of benzene rings is 2. The van der Waals surface area contributed by atoms with E-state index >= 15 is 0 Å².